The Morgan fingerprint density at radius 1 is 0.163 bits per heavy atom. The molecule has 0 aliphatic carbocycles. The molecule has 30 rings (SSSR count). The van der Waals surface area contributed by atoms with E-state index in [1.54, 1.807) is 0 Å². The van der Waals surface area contributed by atoms with E-state index in [0.29, 0.717) is 16.7 Å². The van der Waals surface area contributed by atoms with Crippen molar-refractivity contribution in [2.75, 3.05) is 0 Å². The fourth-order valence-electron chi connectivity index (χ4n) is 22.8. The maximum absolute atomic E-state index is 10.5. The van der Waals surface area contributed by atoms with Gasteiger partial charge in [-0.3, -0.25) is 0 Å². The van der Waals surface area contributed by atoms with Crippen LogP contribution in [0.1, 0.15) is 16.7 Å². The predicted molar refractivity (Wildman–Crippen MR) is 578 cm³/mol. The minimum atomic E-state index is 0.603. The largest absolute Gasteiger partial charge is 0.455 e. The monoisotopic (exact) mass is 1800 g/mol. The zero-order valence-corrected chi connectivity index (χ0v) is 75.6. The normalized spacial score (nSPS) is 11.8. The number of nitriles is 3. The zero-order chi connectivity index (χ0) is 93.2. The summed E-state index contributed by atoms with van der Waals surface area (Å²) in [6, 6.07) is 165. The maximum atomic E-state index is 10.5. The average molecular weight is 1800 g/mol. The summed E-state index contributed by atoms with van der Waals surface area (Å²) in [7, 11) is 0. The highest BCUT2D eigenvalue weighted by Gasteiger charge is 2.30. The Bertz CT molecular complexity index is 10300. The fraction of sp³-hybridized carbons (Fsp3) is 0. The van der Waals surface area contributed by atoms with Gasteiger partial charge in [-0.1, -0.05) is 291 Å². The Balaban J connectivity index is 0.000000104. The third-order valence-electron chi connectivity index (χ3n) is 28.7. The molecule has 0 aliphatic rings. The van der Waals surface area contributed by atoms with E-state index < -0.39 is 0 Å². The lowest BCUT2D eigenvalue weighted by molar-refractivity contribution is 0.673. The number of fused-ring (bicyclic) bond motifs is 30. The van der Waals surface area contributed by atoms with Crippen molar-refractivity contribution in [2.45, 2.75) is 0 Å². The molecule has 0 saturated carbocycles. The van der Waals surface area contributed by atoms with Crippen LogP contribution in [0, 0.1) is 34.0 Å². The van der Waals surface area contributed by atoms with Crippen LogP contribution >= 0.6 is 0 Å². The summed E-state index contributed by atoms with van der Waals surface area (Å²) >= 11 is 0. The molecule has 9 heterocycles. The van der Waals surface area contributed by atoms with Gasteiger partial charge < -0.3 is 40.7 Å². The van der Waals surface area contributed by atoms with Gasteiger partial charge in [-0.25, -0.2) is 0 Å². The van der Waals surface area contributed by atoms with Gasteiger partial charge in [0.15, 0.2) is 0 Å². The molecule has 30 aromatic rings. The summed E-state index contributed by atoms with van der Waals surface area (Å²) in [5, 5.41) is 50.7. The van der Waals surface area contributed by atoms with Gasteiger partial charge >= 0.3 is 0 Å². The van der Waals surface area contributed by atoms with Crippen molar-refractivity contribution in [1.29, 1.82) is 15.8 Å². The molecule has 0 radical (unpaired) electrons. The van der Waals surface area contributed by atoms with Crippen molar-refractivity contribution in [3.8, 4) is 85.7 Å². The smallest absolute Gasteiger partial charge is 0.145 e. The molecule has 654 valence electrons. The number of rotatable bonds is 9. The summed E-state index contributed by atoms with van der Waals surface area (Å²) in [6.07, 6.45) is 0. The number of aromatic nitrogens is 6. The van der Waals surface area contributed by atoms with E-state index in [-0.39, 0.29) is 0 Å². The molecule has 12 nitrogen and oxygen atoms in total. The van der Waals surface area contributed by atoms with Gasteiger partial charge in [0.1, 0.15) is 39.6 Å². The molecule has 9 aromatic heterocycles. The van der Waals surface area contributed by atoms with Crippen LogP contribution in [-0.2, 0) is 0 Å². The first kappa shape index (κ1) is 79.8. The van der Waals surface area contributed by atoms with Crippen LogP contribution in [0.25, 0.3) is 264 Å². The van der Waals surface area contributed by atoms with Crippen LogP contribution in [-0.4, -0.2) is 27.4 Å². The van der Waals surface area contributed by atoms with Gasteiger partial charge in [0.25, 0.3) is 0 Å². The van der Waals surface area contributed by atoms with Crippen molar-refractivity contribution < 1.29 is 13.3 Å². The highest BCUT2D eigenvalue weighted by atomic mass is 16.3. The van der Waals surface area contributed by atoms with Crippen molar-refractivity contribution in [2.24, 2.45) is 0 Å². The Labute approximate surface area is 805 Å². The predicted octanol–water partition coefficient (Wildman–Crippen LogP) is 34.0. The third kappa shape index (κ3) is 12.0. The van der Waals surface area contributed by atoms with E-state index in [0.717, 1.165) is 243 Å². The van der Waals surface area contributed by atoms with Crippen LogP contribution in [0.15, 0.2) is 468 Å². The lowest BCUT2D eigenvalue weighted by Gasteiger charge is -2.16. The Hall–Kier alpha value is -19.7. The highest BCUT2D eigenvalue weighted by Crippen LogP contribution is 2.51. The van der Waals surface area contributed by atoms with Gasteiger partial charge in [0, 0.05) is 131 Å². The highest BCUT2D eigenvalue weighted by molar-refractivity contribution is 6.29. The standard InChI is InChI=1S/3C43H25N3O/c44-26-27-12-10-18-31(41(27)46-36-21-7-4-15-29(36)30-16-5-8-22-37(30)46)32-19-11-20-33-34-24-25-39-40(43(34)47-42(32)33)35-17-6-9-23-38(35)45(39)28-13-2-1-3-14-28;44-26-27-21-23-39(46-36-18-7-4-13-29(36)30-14-5-8-19-37(30)46)35(25-27)32-17-10-16-31-33-22-24-40-41(43(33)47-42(31)32)34-15-6-9-20-38(34)45(40)28-11-2-1-3-12-28;44-26-27-21-22-31(40(25-27)46-36-18-7-4-13-29(36)30-14-5-8-19-37(30)46)32-16-10-17-33-34-23-24-39-41(43(34)47-42(32)33)35-15-6-9-20-38(35)45(39)28-11-2-1-3-12-28/h3*1-25H. The first-order valence-electron chi connectivity index (χ1n) is 47.3. The van der Waals surface area contributed by atoms with Crippen molar-refractivity contribution in [1.82, 2.24) is 27.4 Å². The number of para-hydroxylation sites is 16. The molecule has 0 N–H and O–H groups in total. The number of nitrogens with zero attached hydrogens (tertiary/aromatic N) is 9. The molecular formula is C129H75N9O3. The maximum Gasteiger partial charge on any atom is 0.145 e. The molecule has 21 aromatic carbocycles. The van der Waals surface area contributed by atoms with Gasteiger partial charge in [0.2, 0.25) is 0 Å². The second-order valence-corrected chi connectivity index (χ2v) is 36.0. The lowest BCUT2D eigenvalue weighted by atomic mass is 9.97. The van der Waals surface area contributed by atoms with Crippen molar-refractivity contribution in [3.63, 3.8) is 0 Å². The minimum Gasteiger partial charge on any atom is -0.455 e. The first-order valence-corrected chi connectivity index (χ1v) is 47.3. The fourth-order valence-corrected chi connectivity index (χ4v) is 22.8. The topological polar surface area (TPSA) is 140 Å². The number of hydrogen-bond acceptors (Lipinski definition) is 6. The van der Waals surface area contributed by atoms with E-state index in [9.17, 15) is 15.8 Å². The summed E-state index contributed by atoms with van der Waals surface area (Å²) in [5.41, 5.74) is 32.1. The molecule has 0 bridgehead atoms. The van der Waals surface area contributed by atoms with Crippen LogP contribution in [0.5, 0.6) is 0 Å². The summed E-state index contributed by atoms with van der Waals surface area (Å²) < 4.78 is 34.9. The summed E-state index contributed by atoms with van der Waals surface area (Å²) in [6.45, 7) is 0. The van der Waals surface area contributed by atoms with E-state index >= 15 is 0 Å². The molecular weight excluding hydrogens is 1720 g/mol. The van der Waals surface area contributed by atoms with E-state index in [1.165, 1.54) is 21.5 Å². The van der Waals surface area contributed by atoms with Crippen molar-refractivity contribution in [3.05, 3.63) is 472 Å². The first-order chi connectivity index (χ1) is 69.9. The summed E-state index contributed by atoms with van der Waals surface area (Å²) in [4.78, 5) is 0. The molecule has 0 atom stereocenters. The number of hydrogen-bond donors (Lipinski definition) is 0. The molecule has 0 amide bonds. The van der Waals surface area contributed by atoms with Crippen LogP contribution in [0.2, 0.25) is 0 Å². The molecule has 0 spiro atoms. The van der Waals surface area contributed by atoms with Gasteiger partial charge in [0.05, 0.1) is 128 Å². The zero-order valence-electron chi connectivity index (χ0n) is 75.6. The van der Waals surface area contributed by atoms with E-state index in [2.05, 4.69) is 446 Å². The molecule has 12 heteroatoms. The molecule has 0 aliphatic heterocycles. The van der Waals surface area contributed by atoms with E-state index in [4.69, 9.17) is 13.3 Å². The number of benzene rings is 21. The lowest BCUT2D eigenvalue weighted by Crippen LogP contribution is -2.00. The molecule has 0 unspecified atom stereocenters. The third-order valence-corrected chi connectivity index (χ3v) is 28.7. The Kier molecular flexibility index (Phi) is 18.0. The molecule has 141 heavy (non-hydrogen) atoms. The Morgan fingerprint density at radius 2 is 0.440 bits per heavy atom. The quantitative estimate of drug-likeness (QED) is 0.141. The molecule has 0 fully saturated rings. The van der Waals surface area contributed by atoms with Gasteiger partial charge in [-0.05, 0) is 164 Å². The minimum absolute atomic E-state index is 0.603. The van der Waals surface area contributed by atoms with Gasteiger partial charge in [-0.15, -0.1) is 0 Å². The van der Waals surface area contributed by atoms with Crippen LogP contribution < -0.4 is 0 Å². The summed E-state index contributed by atoms with van der Waals surface area (Å²) in [5.74, 6) is 0. The SMILES string of the molecule is N#Cc1ccc(-c2cccc3c2oc2c3ccc3c2c2ccccc2n3-c2ccccc2)c(-n2c3ccccc3c3ccccc32)c1.N#Cc1ccc(-n2c3ccccc3c3ccccc32)c(-c2cccc3c2oc2c3ccc3c2c2ccccc2n3-c2ccccc2)c1.N#Cc1cccc(-c2cccc3c2oc2c3ccc3c2c2ccccc2n3-c2ccccc2)c1-n1c2ccccc2c2ccccc21. The second-order valence-electron chi connectivity index (χ2n) is 36.0. The van der Waals surface area contributed by atoms with Crippen LogP contribution in [0.3, 0.4) is 0 Å². The molecule has 0 saturated heterocycles. The average Bonchev–Trinajstić information content (AvgIpc) is 1.58. The number of furan rings is 3. The Morgan fingerprint density at radius 3 is 0.801 bits per heavy atom. The van der Waals surface area contributed by atoms with Crippen molar-refractivity contribution >= 4 is 197 Å². The van der Waals surface area contributed by atoms with Crippen LogP contribution in [0.4, 0.5) is 0 Å². The van der Waals surface area contributed by atoms with E-state index in [1.807, 2.05) is 54.6 Å². The van der Waals surface area contributed by atoms with Gasteiger partial charge in [-0.2, -0.15) is 15.8 Å². The second kappa shape index (κ2) is 31.7.